The zero-order valence-corrected chi connectivity index (χ0v) is 8.59. The monoisotopic (exact) mass is 207 g/mol. The van der Waals surface area contributed by atoms with Gasteiger partial charge in [-0.25, -0.2) is 4.99 Å². The van der Waals surface area contributed by atoms with Crippen molar-refractivity contribution in [1.82, 2.24) is 0 Å². The Hall–Kier alpha value is -2.21. The van der Waals surface area contributed by atoms with Gasteiger partial charge in [-0.1, -0.05) is 18.2 Å². The van der Waals surface area contributed by atoms with Gasteiger partial charge in [0.2, 0.25) is 0 Å². The molecule has 0 radical (unpaired) electrons. The minimum absolute atomic E-state index is 0.0996. The zero-order valence-electron chi connectivity index (χ0n) is 8.59. The topological polar surface area (TPSA) is 48.5 Å². The standard InChI is InChI=1S/C13H9N3/c14-7-5-12-13-10(6-8-15-12)9-3-1-2-4-11(9)16-13/h1-4,6,8,12H,5H2. The summed E-state index contributed by atoms with van der Waals surface area (Å²) in [5.74, 6) is 0. The Kier molecular flexibility index (Phi) is 1.94. The van der Waals surface area contributed by atoms with Crippen molar-refractivity contribution >= 4 is 23.2 Å². The van der Waals surface area contributed by atoms with Gasteiger partial charge in [0.25, 0.3) is 0 Å². The average Bonchev–Trinajstić information content (AvgIpc) is 2.69. The van der Waals surface area contributed by atoms with E-state index < -0.39 is 0 Å². The highest BCUT2D eigenvalue weighted by atomic mass is 14.9. The molecule has 0 aromatic heterocycles. The number of para-hydroxylation sites is 1. The molecule has 0 bridgehead atoms. The summed E-state index contributed by atoms with van der Waals surface area (Å²) in [5, 5.41) is 8.76. The molecule has 0 amide bonds. The van der Waals surface area contributed by atoms with Gasteiger partial charge in [0.05, 0.1) is 23.9 Å². The molecule has 0 saturated heterocycles. The zero-order chi connectivity index (χ0) is 11.0. The van der Waals surface area contributed by atoms with E-state index in [1.54, 1.807) is 6.21 Å². The molecule has 1 atom stereocenters. The van der Waals surface area contributed by atoms with Crippen LogP contribution in [-0.4, -0.2) is 18.0 Å². The van der Waals surface area contributed by atoms with Gasteiger partial charge in [0.15, 0.2) is 0 Å². The van der Waals surface area contributed by atoms with Crippen molar-refractivity contribution < 1.29 is 0 Å². The predicted molar refractivity (Wildman–Crippen MR) is 64.0 cm³/mol. The smallest absolute Gasteiger partial charge is 0.105 e. The van der Waals surface area contributed by atoms with Crippen molar-refractivity contribution in [2.45, 2.75) is 12.5 Å². The van der Waals surface area contributed by atoms with Crippen LogP contribution in [-0.2, 0) is 0 Å². The van der Waals surface area contributed by atoms with Crippen molar-refractivity contribution in [1.29, 1.82) is 5.26 Å². The number of nitrogens with zero attached hydrogens (tertiary/aromatic N) is 3. The van der Waals surface area contributed by atoms with Crippen molar-refractivity contribution in [2.75, 3.05) is 0 Å². The lowest BCUT2D eigenvalue weighted by atomic mass is 9.95. The Bertz CT molecular complexity index is 573. The third-order valence-corrected chi connectivity index (χ3v) is 2.82. The molecule has 76 valence electrons. The van der Waals surface area contributed by atoms with Crippen molar-refractivity contribution in [3.05, 3.63) is 35.9 Å². The molecule has 3 heteroatoms. The van der Waals surface area contributed by atoms with Gasteiger partial charge >= 0.3 is 0 Å². The number of fused-ring (bicyclic) bond motifs is 3. The van der Waals surface area contributed by atoms with Gasteiger partial charge < -0.3 is 0 Å². The molecule has 0 N–H and O–H groups in total. The van der Waals surface area contributed by atoms with E-state index in [4.69, 9.17) is 5.26 Å². The summed E-state index contributed by atoms with van der Waals surface area (Å²) in [6, 6.07) is 10.1. The largest absolute Gasteiger partial charge is 0.282 e. The fraction of sp³-hybridized carbons (Fsp3) is 0.154. The van der Waals surface area contributed by atoms with Crippen LogP contribution in [0, 0.1) is 11.3 Å². The molecular formula is C13H9N3. The number of hydrogen-bond acceptors (Lipinski definition) is 3. The van der Waals surface area contributed by atoms with Gasteiger partial charge in [0, 0.05) is 17.4 Å². The Balaban J connectivity index is 2.10. The summed E-state index contributed by atoms with van der Waals surface area (Å²) < 4.78 is 0. The van der Waals surface area contributed by atoms with Gasteiger partial charge in [-0.3, -0.25) is 4.99 Å². The minimum atomic E-state index is -0.0996. The van der Waals surface area contributed by atoms with E-state index in [0.717, 1.165) is 22.5 Å². The number of aliphatic imine (C=N–C) groups is 2. The van der Waals surface area contributed by atoms with E-state index >= 15 is 0 Å². The average molecular weight is 207 g/mol. The van der Waals surface area contributed by atoms with Crippen LogP contribution in [0.3, 0.4) is 0 Å². The molecular weight excluding hydrogens is 198 g/mol. The van der Waals surface area contributed by atoms with Crippen molar-refractivity contribution in [2.24, 2.45) is 9.98 Å². The second-order valence-corrected chi connectivity index (χ2v) is 3.77. The first kappa shape index (κ1) is 9.05. The number of hydrogen-bond donors (Lipinski definition) is 0. The number of dihydropyridines is 1. The number of benzene rings is 1. The second-order valence-electron chi connectivity index (χ2n) is 3.77. The molecule has 0 saturated carbocycles. The summed E-state index contributed by atoms with van der Waals surface area (Å²) in [7, 11) is 0. The number of nitriles is 1. The molecule has 2 aliphatic heterocycles. The van der Waals surface area contributed by atoms with Gasteiger partial charge in [-0.2, -0.15) is 5.26 Å². The maximum absolute atomic E-state index is 8.76. The Morgan fingerprint density at radius 2 is 2.19 bits per heavy atom. The van der Waals surface area contributed by atoms with Crippen LogP contribution in [0.25, 0.3) is 5.57 Å². The fourth-order valence-corrected chi connectivity index (χ4v) is 2.08. The second kappa shape index (κ2) is 3.42. The summed E-state index contributed by atoms with van der Waals surface area (Å²) in [4.78, 5) is 8.85. The summed E-state index contributed by atoms with van der Waals surface area (Å²) in [5.41, 5.74) is 4.18. The van der Waals surface area contributed by atoms with Gasteiger partial charge in [-0.15, -0.1) is 0 Å². The molecule has 2 aliphatic rings. The Labute approximate surface area is 93.5 Å². The highest BCUT2D eigenvalue weighted by Crippen LogP contribution is 2.37. The molecule has 0 aliphatic carbocycles. The van der Waals surface area contributed by atoms with E-state index in [-0.39, 0.29) is 6.04 Å². The van der Waals surface area contributed by atoms with Crippen LogP contribution in [0.15, 0.2) is 40.3 Å². The maximum atomic E-state index is 8.76. The molecule has 2 heterocycles. The van der Waals surface area contributed by atoms with Crippen LogP contribution in [0.2, 0.25) is 0 Å². The van der Waals surface area contributed by atoms with Gasteiger partial charge in [0.1, 0.15) is 6.04 Å². The first-order chi connectivity index (χ1) is 7.90. The fourth-order valence-electron chi connectivity index (χ4n) is 2.08. The van der Waals surface area contributed by atoms with Crippen molar-refractivity contribution in [3.63, 3.8) is 0 Å². The summed E-state index contributed by atoms with van der Waals surface area (Å²) in [6.07, 6.45) is 4.14. The van der Waals surface area contributed by atoms with E-state index in [0.29, 0.717) is 6.42 Å². The van der Waals surface area contributed by atoms with E-state index in [2.05, 4.69) is 22.1 Å². The molecule has 0 spiro atoms. The lowest BCUT2D eigenvalue weighted by Gasteiger charge is -2.13. The molecule has 1 aromatic carbocycles. The number of allylic oxidation sites excluding steroid dienone is 1. The first-order valence-corrected chi connectivity index (χ1v) is 5.19. The van der Waals surface area contributed by atoms with E-state index in [9.17, 15) is 0 Å². The van der Waals surface area contributed by atoms with Crippen molar-refractivity contribution in [3.8, 4) is 6.07 Å². The Morgan fingerprint density at radius 1 is 1.31 bits per heavy atom. The van der Waals surface area contributed by atoms with E-state index in [1.165, 1.54) is 0 Å². The highest BCUT2D eigenvalue weighted by molar-refractivity contribution is 6.34. The normalized spacial score (nSPS) is 20.6. The third kappa shape index (κ3) is 1.20. The summed E-state index contributed by atoms with van der Waals surface area (Å²) in [6.45, 7) is 0. The van der Waals surface area contributed by atoms with Crippen LogP contribution >= 0.6 is 0 Å². The Morgan fingerprint density at radius 3 is 3.06 bits per heavy atom. The molecule has 3 rings (SSSR count). The van der Waals surface area contributed by atoms with Crippen LogP contribution in [0.5, 0.6) is 0 Å². The molecule has 1 aromatic rings. The predicted octanol–water partition coefficient (Wildman–Crippen LogP) is 2.52. The lowest BCUT2D eigenvalue weighted by molar-refractivity contribution is 0.895. The molecule has 1 unspecified atom stereocenters. The van der Waals surface area contributed by atoms with Crippen LogP contribution < -0.4 is 0 Å². The lowest BCUT2D eigenvalue weighted by Crippen LogP contribution is -2.20. The maximum Gasteiger partial charge on any atom is 0.105 e. The molecule has 0 fully saturated rings. The van der Waals surface area contributed by atoms with Gasteiger partial charge in [-0.05, 0) is 12.1 Å². The molecule has 3 nitrogen and oxygen atoms in total. The minimum Gasteiger partial charge on any atom is -0.282 e. The quantitative estimate of drug-likeness (QED) is 0.698. The number of rotatable bonds is 1. The summed E-state index contributed by atoms with van der Waals surface area (Å²) >= 11 is 0. The first-order valence-electron chi connectivity index (χ1n) is 5.19. The van der Waals surface area contributed by atoms with E-state index in [1.807, 2.05) is 24.3 Å². The third-order valence-electron chi connectivity index (χ3n) is 2.82. The van der Waals surface area contributed by atoms with Crippen LogP contribution in [0.1, 0.15) is 12.0 Å². The van der Waals surface area contributed by atoms with Crippen LogP contribution in [0.4, 0.5) is 5.69 Å². The highest BCUT2D eigenvalue weighted by Gasteiger charge is 2.27. The molecule has 16 heavy (non-hydrogen) atoms. The SMILES string of the molecule is N#CCC1N=CC=C2C1=Nc1ccccc12.